The molecule has 6 nitrogen and oxygen atoms in total. The van der Waals surface area contributed by atoms with Crippen LogP contribution in [0.5, 0.6) is 0 Å². The van der Waals surface area contributed by atoms with Gasteiger partial charge in [-0.25, -0.2) is 13.1 Å². The van der Waals surface area contributed by atoms with Gasteiger partial charge in [-0.05, 0) is 35.8 Å². The van der Waals surface area contributed by atoms with Crippen LogP contribution in [-0.4, -0.2) is 34.7 Å². The molecular weight excluding hydrogens is 348 g/mol. The molecule has 0 aromatic carbocycles. The first kappa shape index (κ1) is 17.6. The predicted molar refractivity (Wildman–Crippen MR) is 80.1 cm³/mol. The number of nitrogens with one attached hydrogen (secondary N) is 2. The summed E-state index contributed by atoms with van der Waals surface area (Å²) in [7, 11) is -2.01. The molecule has 1 unspecified atom stereocenters. The van der Waals surface area contributed by atoms with Gasteiger partial charge >= 0.3 is 0 Å². The van der Waals surface area contributed by atoms with Crippen molar-refractivity contribution >= 4 is 26.0 Å². The number of sulfonamides is 1. The van der Waals surface area contributed by atoms with Crippen molar-refractivity contribution in [1.82, 2.24) is 10.0 Å². The minimum absolute atomic E-state index is 0.120. The van der Waals surface area contributed by atoms with Crippen LogP contribution in [-0.2, 0) is 21.3 Å². The van der Waals surface area contributed by atoms with Crippen molar-refractivity contribution in [2.75, 3.05) is 20.3 Å². The zero-order valence-electron chi connectivity index (χ0n) is 11.9. The van der Waals surface area contributed by atoms with E-state index in [2.05, 4.69) is 26.0 Å². The van der Waals surface area contributed by atoms with E-state index >= 15 is 0 Å². The van der Waals surface area contributed by atoms with Crippen molar-refractivity contribution in [1.29, 1.82) is 0 Å². The van der Waals surface area contributed by atoms with E-state index in [0.717, 1.165) is 6.54 Å². The maximum Gasteiger partial charge on any atom is 0.245 e. The van der Waals surface area contributed by atoms with Crippen LogP contribution in [0.4, 0.5) is 0 Å². The van der Waals surface area contributed by atoms with Crippen LogP contribution in [0.2, 0.25) is 0 Å². The van der Waals surface area contributed by atoms with Gasteiger partial charge in [0.05, 0.1) is 6.54 Å². The molecule has 0 fully saturated rings. The van der Waals surface area contributed by atoms with Crippen LogP contribution >= 0.6 is 15.9 Å². The number of hydrogen-bond acceptors (Lipinski definition) is 5. The van der Waals surface area contributed by atoms with Crippen LogP contribution < -0.4 is 10.0 Å². The van der Waals surface area contributed by atoms with E-state index in [-0.39, 0.29) is 15.6 Å². The Balaban J connectivity index is 2.78. The average Bonchev–Trinajstić information content (AvgIpc) is 2.75. The molecule has 0 radical (unpaired) electrons. The van der Waals surface area contributed by atoms with Crippen molar-refractivity contribution in [3.05, 3.63) is 16.5 Å². The third-order valence-electron chi connectivity index (χ3n) is 2.66. The molecule has 1 aromatic rings. The van der Waals surface area contributed by atoms with Gasteiger partial charge in [-0.15, -0.1) is 0 Å². The van der Waals surface area contributed by atoms with Crippen molar-refractivity contribution < 1.29 is 17.6 Å². The van der Waals surface area contributed by atoms with Gasteiger partial charge in [0, 0.05) is 25.8 Å². The number of halogens is 1. The lowest BCUT2D eigenvalue weighted by atomic mass is 10.3. The van der Waals surface area contributed by atoms with Gasteiger partial charge in [0.1, 0.15) is 10.7 Å². The first-order chi connectivity index (χ1) is 9.40. The van der Waals surface area contributed by atoms with Crippen molar-refractivity contribution in [2.24, 2.45) is 0 Å². The highest BCUT2D eigenvalue weighted by atomic mass is 79.9. The molecule has 1 atom stereocenters. The van der Waals surface area contributed by atoms with Crippen LogP contribution in [0.25, 0.3) is 0 Å². The Morgan fingerprint density at radius 2 is 2.20 bits per heavy atom. The summed E-state index contributed by atoms with van der Waals surface area (Å²) in [5, 5.41) is 3.08. The molecule has 20 heavy (non-hydrogen) atoms. The van der Waals surface area contributed by atoms with Crippen LogP contribution in [0.15, 0.2) is 20.0 Å². The summed E-state index contributed by atoms with van der Waals surface area (Å²) in [6, 6.07) is 1.32. The molecule has 0 bridgehead atoms. The lowest BCUT2D eigenvalue weighted by Crippen LogP contribution is -2.33. The minimum Gasteiger partial charge on any atom is -0.452 e. The Hall–Kier alpha value is -0.410. The van der Waals surface area contributed by atoms with Gasteiger partial charge in [-0.3, -0.25) is 0 Å². The number of hydrogen-bond donors (Lipinski definition) is 2. The second-order valence-corrected chi connectivity index (χ2v) is 6.84. The van der Waals surface area contributed by atoms with Gasteiger partial charge < -0.3 is 14.5 Å². The molecule has 116 valence electrons. The molecule has 2 N–H and O–H groups in total. The topological polar surface area (TPSA) is 80.6 Å². The van der Waals surface area contributed by atoms with E-state index in [1.165, 1.54) is 6.07 Å². The first-order valence-electron chi connectivity index (χ1n) is 6.41. The van der Waals surface area contributed by atoms with E-state index in [0.29, 0.717) is 25.3 Å². The molecule has 0 saturated heterocycles. The summed E-state index contributed by atoms with van der Waals surface area (Å²) in [6.45, 7) is 5.54. The van der Waals surface area contributed by atoms with Gasteiger partial charge in [-0.2, -0.15) is 0 Å². The summed E-state index contributed by atoms with van der Waals surface area (Å²) in [5.74, 6) is 0.573. The Labute approximate surface area is 128 Å². The highest BCUT2D eigenvalue weighted by molar-refractivity contribution is 9.10. The molecule has 1 aromatic heterocycles. The van der Waals surface area contributed by atoms with E-state index in [4.69, 9.17) is 9.15 Å². The lowest BCUT2D eigenvalue weighted by Gasteiger charge is -2.12. The normalized spacial score (nSPS) is 13.6. The van der Waals surface area contributed by atoms with Gasteiger partial charge in [0.25, 0.3) is 0 Å². The third kappa shape index (κ3) is 5.17. The largest absolute Gasteiger partial charge is 0.452 e. The Morgan fingerprint density at radius 3 is 2.80 bits per heavy atom. The molecular formula is C12H21BrN2O4S. The number of furan rings is 1. The van der Waals surface area contributed by atoms with Gasteiger partial charge in [0.2, 0.25) is 10.0 Å². The van der Waals surface area contributed by atoms with Crippen molar-refractivity contribution in [3.8, 4) is 0 Å². The monoisotopic (exact) mass is 368 g/mol. The van der Waals surface area contributed by atoms with E-state index in [1.807, 2.05) is 6.92 Å². The van der Waals surface area contributed by atoms with Gasteiger partial charge in [0.15, 0.2) is 4.67 Å². The number of methoxy groups -OCH3 is 1. The van der Waals surface area contributed by atoms with Crippen molar-refractivity contribution in [2.45, 2.75) is 37.8 Å². The molecule has 0 aliphatic rings. The van der Waals surface area contributed by atoms with E-state index in [1.54, 1.807) is 14.0 Å². The second-order valence-electron chi connectivity index (χ2n) is 4.43. The third-order valence-corrected chi connectivity index (χ3v) is 5.10. The molecule has 0 amide bonds. The van der Waals surface area contributed by atoms with Crippen LogP contribution in [0.3, 0.4) is 0 Å². The SMILES string of the molecule is CCNCc1cc(S(=O)(=O)NC(C)CCOC)c(Br)o1. The molecule has 8 heteroatoms. The molecule has 1 rings (SSSR count). The minimum atomic E-state index is -3.60. The lowest BCUT2D eigenvalue weighted by molar-refractivity contribution is 0.188. The number of rotatable bonds is 9. The highest BCUT2D eigenvalue weighted by Crippen LogP contribution is 2.26. The van der Waals surface area contributed by atoms with Crippen molar-refractivity contribution in [3.63, 3.8) is 0 Å². The standard InChI is InChI=1S/C12H21BrN2O4S/c1-4-14-8-10-7-11(12(13)19-10)20(16,17)15-9(2)5-6-18-3/h7,9,14-15H,4-6,8H2,1-3H3. The predicted octanol–water partition coefficient (Wildman–Crippen LogP) is 1.85. The first-order valence-corrected chi connectivity index (χ1v) is 8.68. The highest BCUT2D eigenvalue weighted by Gasteiger charge is 2.24. The quantitative estimate of drug-likeness (QED) is 0.695. The van der Waals surface area contributed by atoms with Crippen LogP contribution in [0, 0.1) is 0 Å². The maximum atomic E-state index is 12.3. The maximum absolute atomic E-state index is 12.3. The fourth-order valence-corrected chi connectivity index (χ4v) is 3.87. The Morgan fingerprint density at radius 1 is 1.50 bits per heavy atom. The zero-order chi connectivity index (χ0) is 15.2. The molecule has 0 aliphatic heterocycles. The number of ether oxygens (including phenoxy) is 1. The molecule has 1 heterocycles. The fraction of sp³-hybridized carbons (Fsp3) is 0.667. The molecule has 0 aliphatic carbocycles. The molecule has 0 saturated carbocycles. The summed E-state index contributed by atoms with van der Waals surface area (Å²) in [6.07, 6.45) is 0.607. The van der Waals surface area contributed by atoms with E-state index in [9.17, 15) is 8.42 Å². The molecule has 0 spiro atoms. The van der Waals surface area contributed by atoms with E-state index < -0.39 is 10.0 Å². The summed E-state index contributed by atoms with van der Waals surface area (Å²) >= 11 is 3.15. The average molecular weight is 369 g/mol. The summed E-state index contributed by atoms with van der Waals surface area (Å²) < 4.78 is 37.6. The Kier molecular flexibility index (Phi) is 7.18. The fourth-order valence-electron chi connectivity index (χ4n) is 1.60. The van der Waals surface area contributed by atoms with Gasteiger partial charge in [-0.1, -0.05) is 6.92 Å². The summed E-state index contributed by atoms with van der Waals surface area (Å²) in [4.78, 5) is 0.120. The zero-order valence-corrected chi connectivity index (χ0v) is 14.3. The van der Waals surface area contributed by atoms with Crippen LogP contribution in [0.1, 0.15) is 26.0 Å². The summed E-state index contributed by atoms with van der Waals surface area (Å²) in [5.41, 5.74) is 0. The smallest absolute Gasteiger partial charge is 0.245 e. The second kappa shape index (κ2) is 8.14. The Bertz CT molecular complexity index is 516.